The first kappa shape index (κ1) is 13.5. The van der Waals surface area contributed by atoms with E-state index >= 15 is 0 Å². The lowest BCUT2D eigenvalue weighted by molar-refractivity contribution is -0.387. The third-order valence-corrected chi connectivity index (χ3v) is 2.30. The van der Waals surface area contributed by atoms with Gasteiger partial charge >= 0.3 is 5.97 Å². The molecule has 1 aromatic carbocycles. The van der Waals surface area contributed by atoms with Gasteiger partial charge in [0.25, 0.3) is 5.69 Å². The van der Waals surface area contributed by atoms with E-state index < -0.39 is 16.5 Å². The molecule has 0 bridgehead atoms. The maximum Gasteiger partial charge on any atom is 0.340 e. The van der Waals surface area contributed by atoms with Crippen LogP contribution in [0.2, 0.25) is 0 Å². The van der Waals surface area contributed by atoms with Gasteiger partial charge in [0, 0.05) is 6.07 Å². The van der Waals surface area contributed by atoms with Gasteiger partial charge in [-0.3, -0.25) is 10.1 Å². The lowest BCUT2D eigenvalue weighted by Gasteiger charge is -2.19. The van der Waals surface area contributed by atoms with Crippen LogP contribution in [0.1, 0.15) is 31.1 Å². The smallest absolute Gasteiger partial charge is 0.340 e. The average Bonchev–Trinajstić information content (AvgIpc) is 2.14. The molecule has 0 aromatic heterocycles. The second-order valence-electron chi connectivity index (χ2n) is 4.43. The van der Waals surface area contributed by atoms with Crippen LogP contribution < -0.4 is 0 Å². The zero-order chi connectivity index (χ0) is 13.2. The van der Waals surface area contributed by atoms with E-state index in [0.29, 0.717) is 0 Å². The molecule has 0 amide bonds. The molecule has 0 spiro atoms. The first-order chi connectivity index (χ1) is 7.72. The SMILES string of the molecule is CC(C)(C)OC(=O)c1cccc([N+](=O)[O-])c1S. The molecule has 0 unspecified atom stereocenters. The van der Waals surface area contributed by atoms with Crippen molar-refractivity contribution in [2.75, 3.05) is 0 Å². The van der Waals surface area contributed by atoms with Crippen molar-refractivity contribution in [3.63, 3.8) is 0 Å². The molecule has 0 N–H and O–H groups in total. The molecule has 1 rings (SSSR count). The van der Waals surface area contributed by atoms with Gasteiger partial charge in [0.1, 0.15) is 5.60 Å². The van der Waals surface area contributed by atoms with Crippen LogP contribution in [-0.2, 0) is 4.74 Å². The molecule has 0 atom stereocenters. The van der Waals surface area contributed by atoms with Crippen LogP contribution in [0.15, 0.2) is 23.1 Å². The van der Waals surface area contributed by atoms with Crippen molar-refractivity contribution in [3.05, 3.63) is 33.9 Å². The standard InChI is InChI=1S/C11H13NO4S/c1-11(2,3)16-10(13)7-5-4-6-8(9(7)17)12(14)15/h4-6,17H,1-3H3. The number of carbonyl (C=O) groups excluding carboxylic acids is 1. The fraction of sp³-hybridized carbons (Fsp3) is 0.364. The van der Waals surface area contributed by atoms with Crippen LogP contribution in [0.4, 0.5) is 5.69 Å². The van der Waals surface area contributed by atoms with Gasteiger partial charge in [-0.15, -0.1) is 12.6 Å². The van der Waals surface area contributed by atoms with E-state index in [0.717, 1.165) is 0 Å². The summed E-state index contributed by atoms with van der Waals surface area (Å²) in [6, 6.07) is 4.16. The molecule has 5 nitrogen and oxygen atoms in total. The number of nitrogens with zero attached hydrogens (tertiary/aromatic N) is 1. The van der Waals surface area contributed by atoms with Gasteiger partial charge in [-0.25, -0.2) is 4.79 Å². The van der Waals surface area contributed by atoms with E-state index in [1.54, 1.807) is 20.8 Å². The Balaban J connectivity index is 3.11. The molecule has 1 aromatic rings. The summed E-state index contributed by atoms with van der Waals surface area (Å²) < 4.78 is 5.13. The summed E-state index contributed by atoms with van der Waals surface area (Å²) in [5.74, 6) is -0.619. The van der Waals surface area contributed by atoms with Crippen LogP contribution in [0.3, 0.4) is 0 Å². The molecule has 0 aliphatic rings. The van der Waals surface area contributed by atoms with Crippen LogP contribution >= 0.6 is 12.6 Å². The Labute approximate surface area is 104 Å². The van der Waals surface area contributed by atoms with Gasteiger partial charge in [-0.1, -0.05) is 6.07 Å². The van der Waals surface area contributed by atoms with Crippen molar-refractivity contribution >= 4 is 24.3 Å². The van der Waals surface area contributed by atoms with Gasteiger partial charge in [0.05, 0.1) is 15.4 Å². The van der Waals surface area contributed by atoms with Crippen molar-refractivity contribution < 1.29 is 14.5 Å². The fourth-order valence-corrected chi connectivity index (χ4v) is 1.50. The van der Waals surface area contributed by atoms with Crippen LogP contribution in [-0.4, -0.2) is 16.5 Å². The molecule has 0 aliphatic carbocycles. The molecule has 6 heteroatoms. The number of nitro groups is 1. The molecular formula is C11H13NO4S. The van der Waals surface area contributed by atoms with Gasteiger partial charge in [-0.2, -0.15) is 0 Å². The number of rotatable bonds is 2. The van der Waals surface area contributed by atoms with E-state index in [9.17, 15) is 14.9 Å². The zero-order valence-corrected chi connectivity index (χ0v) is 10.7. The summed E-state index contributed by atoms with van der Waals surface area (Å²) in [5, 5.41) is 10.7. The van der Waals surface area contributed by atoms with Gasteiger partial charge < -0.3 is 4.74 Å². The summed E-state index contributed by atoms with van der Waals surface area (Å²) in [5.41, 5.74) is -0.767. The molecule has 92 valence electrons. The van der Waals surface area contributed by atoms with Crippen molar-refractivity contribution in [3.8, 4) is 0 Å². The second kappa shape index (κ2) is 4.75. The normalized spacial score (nSPS) is 11.1. The maximum atomic E-state index is 11.8. The highest BCUT2D eigenvalue weighted by Gasteiger charge is 2.23. The van der Waals surface area contributed by atoms with Crippen molar-refractivity contribution in [1.29, 1.82) is 0 Å². The van der Waals surface area contributed by atoms with E-state index in [-0.39, 0.29) is 16.1 Å². The summed E-state index contributed by atoms with van der Waals surface area (Å²) >= 11 is 4.00. The summed E-state index contributed by atoms with van der Waals surface area (Å²) in [6.07, 6.45) is 0. The average molecular weight is 255 g/mol. The van der Waals surface area contributed by atoms with Crippen molar-refractivity contribution in [2.24, 2.45) is 0 Å². The summed E-state index contributed by atoms with van der Waals surface area (Å²) in [6.45, 7) is 5.17. The predicted molar refractivity (Wildman–Crippen MR) is 65.5 cm³/mol. The van der Waals surface area contributed by atoms with E-state index in [1.165, 1.54) is 18.2 Å². The summed E-state index contributed by atoms with van der Waals surface area (Å²) in [4.78, 5) is 21.9. The van der Waals surface area contributed by atoms with Crippen molar-refractivity contribution in [2.45, 2.75) is 31.3 Å². The highest BCUT2D eigenvalue weighted by atomic mass is 32.1. The Morgan fingerprint density at radius 1 is 1.41 bits per heavy atom. The third kappa shape index (κ3) is 3.45. The number of thiol groups is 1. The largest absolute Gasteiger partial charge is 0.456 e. The predicted octanol–water partition coefficient (Wildman–Crippen LogP) is 2.84. The van der Waals surface area contributed by atoms with Crippen molar-refractivity contribution in [1.82, 2.24) is 0 Å². The lowest BCUT2D eigenvalue weighted by Crippen LogP contribution is -2.24. The second-order valence-corrected chi connectivity index (χ2v) is 4.88. The minimum absolute atomic E-state index is 0.0201. The van der Waals surface area contributed by atoms with E-state index in [4.69, 9.17) is 4.74 Å². The number of esters is 1. The van der Waals surface area contributed by atoms with E-state index in [1.807, 2.05) is 0 Å². The maximum absolute atomic E-state index is 11.8. The Morgan fingerprint density at radius 2 is 2.00 bits per heavy atom. The van der Waals surface area contributed by atoms with Crippen LogP contribution in [0, 0.1) is 10.1 Å². The molecule has 0 saturated carbocycles. The van der Waals surface area contributed by atoms with Gasteiger partial charge in [0.2, 0.25) is 0 Å². The van der Waals surface area contributed by atoms with Gasteiger partial charge in [-0.05, 0) is 26.8 Å². The highest BCUT2D eigenvalue weighted by molar-refractivity contribution is 7.80. The molecule has 0 fully saturated rings. The molecule has 0 radical (unpaired) electrons. The summed E-state index contributed by atoms with van der Waals surface area (Å²) in [7, 11) is 0. The number of nitro benzene ring substituents is 1. The number of hydrogen-bond donors (Lipinski definition) is 1. The zero-order valence-electron chi connectivity index (χ0n) is 9.76. The number of hydrogen-bond acceptors (Lipinski definition) is 5. The monoisotopic (exact) mass is 255 g/mol. The molecular weight excluding hydrogens is 242 g/mol. The molecule has 0 aliphatic heterocycles. The highest BCUT2D eigenvalue weighted by Crippen LogP contribution is 2.27. The molecule has 17 heavy (non-hydrogen) atoms. The number of benzene rings is 1. The Morgan fingerprint density at radius 3 is 2.47 bits per heavy atom. The third-order valence-electron chi connectivity index (χ3n) is 1.83. The minimum Gasteiger partial charge on any atom is -0.456 e. The minimum atomic E-state index is -0.651. The molecule has 0 heterocycles. The van der Waals surface area contributed by atoms with Crippen LogP contribution in [0.25, 0.3) is 0 Å². The number of carbonyl (C=O) groups is 1. The number of ether oxygens (including phenoxy) is 1. The quantitative estimate of drug-likeness (QED) is 0.382. The molecule has 0 saturated heterocycles. The Kier molecular flexibility index (Phi) is 3.77. The fourth-order valence-electron chi connectivity index (χ4n) is 1.18. The topological polar surface area (TPSA) is 69.4 Å². The first-order valence-electron chi connectivity index (χ1n) is 4.92. The van der Waals surface area contributed by atoms with Crippen LogP contribution in [0.5, 0.6) is 0 Å². The van der Waals surface area contributed by atoms with E-state index in [2.05, 4.69) is 12.6 Å². The van der Waals surface area contributed by atoms with Gasteiger partial charge in [0.15, 0.2) is 0 Å². The lowest BCUT2D eigenvalue weighted by atomic mass is 10.1. The Hall–Kier alpha value is -1.56. The first-order valence-corrected chi connectivity index (χ1v) is 5.37. The Bertz CT molecular complexity index is 465.